The molecule has 0 spiro atoms. The van der Waals surface area contributed by atoms with Gasteiger partial charge in [-0.1, -0.05) is 49.5 Å². The number of sulfonamides is 1. The van der Waals surface area contributed by atoms with E-state index in [1.807, 2.05) is 60.2 Å². The molecule has 0 radical (unpaired) electrons. The molecule has 198 valence electrons. The van der Waals surface area contributed by atoms with Crippen LogP contribution in [0.3, 0.4) is 0 Å². The van der Waals surface area contributed by atoms with Crippen molar-refractivity contribution in [3.63, 3.8) is 0 Å². The number of carbonyl (C=O) groups excluding carboxylic acids is 1. The van der Waals surface area contributed by atoms with Crippen molar-refractivity contribution < 1.29 is 26.4 Å². The van der Waals surface area contributed by atoms with Crippen LogP contribution in [-0.4, -0.2) is 46.7 Å². The highest BCUT2D eigenvalue weighted by Gasteiger charge is 2.50. The second-order valence-corrected chi connectivity index (χ2v) is 11.6. The number of carbonyl (C=O) groups is 1. The normalized spacial score (nSPS) is 15.8. The molecule has 0 bridgehead atoms. The molecule has 11 heteroatoms. The van der Waals surface area contributed by atoms with Crippen LogP contribution >= 0.6 is 12.2 Å². The van der Waals surface area contributed by atoms with Crippen molar-refractivity contribution >= 4 is 43.9 Å². The number of fused-ring (bicyclic) bond motifs is 1. The van der Waals surface area contributed by atoms with Gasteiger partial charge in [0.2, 0.25) is 0 Å². The maximum absolute atomic E-state index is 13.0. The van der Waals surface area contributed by atoms with E-state index in [1.54, 1.807) is 0 Å². The summed E-state index contributed by atoms with van der Waals surface area (Å²) < 4.78 is 65.5. The molecule has 0 amide bonds. The van der Waals surface area contributed by atoms with Crippen LogP contribution in [-0.2, 0) is 21.2 Å². The molecule has 1 aromatic heterocycles. The lowest BCUT2D eigenvalue weighted by Crippen LogP contribution is -2.45. The predicted octanol–water partition coefficient (Wildman–Crippen LogP) is 5.34. The molecular formula is C26H28F3N3O3S2. The number of thiocarbonyl (C=S) groups is 1. The Kier molecular flexibility index (Phi) is 7.77. The standard InChI is InChI=1S/C26H28F3N3O3S2/c1-2-21(33)8-6-17-7-9-22-23(18-4-3-5-19(15-18)25(30)36)16-32(24(22)14-17)20-10-12-31(13-11-20)37(34,35)26(27,28)29/h3-5,7,9,14-16,20H,2,6,8,10-13H2,1H3,(H2,30,36). The number of nitrogens with two attached hydrogens (primary N) is 1. The van der Waals surface area contributed by atoms with Crippen LogP contribution in [0.1, 0.15) is 49.8 Å². The fraction of sp³-hybridized carbons (Fsp3) is 0.385. The maximum Gasteiger partial charge on any atom is 0.511 e. The predicted molar refractivity (Wildman–Crippen MR) is 142 cm³/mol. The highest BCUT2D eigenvalue weighted by atomic mass is 32.2. The molecule has 4 rings (SSSR count). The molecule has 2 heterocycles. The van der Waals surface area contributed by atoms with E-state index in [4.69, 9.17) is 18.0 Å². The van der Waals surface area contributed by atoms with Crippen molar-refractivity contribution in [3.8, 4) is 11.1 Å². The molecule has 1 aliphatic rings. The minimum absolute atomic E-state index is 0.170. The molecule has 37 heavy (non-hydrogen) atoms. The zero-order valence-electron chi connectivity index (χ0n) is 20.3. The van der Waals surface area contributed by atoms with E-state index in [-0.39, 0.29) is 42.7 Å². The summed E-state index contributed by atoms with van der Waals surface area (Å²) in [6, 6.07) is 13.3. The van der Waals surface area contributed by atoms with Crippen LogP contribution in [0.5, 0.6) is 0 Å². The topological polar surface area (TPSA) is 85.4 Å². The number of alkyl halides is 3. The van der Waals surface area contributed by atoms with Crippen LogP contribution in [0.15, 0.2) is 48.7 Å². The second-order valence-electron chi connectivity index (χ2n) is 9.22. The quantitative estimate of drug-likeness (QED) is 0.382. The van der Waals surface area contributed by atoms with Gasteiger partial charge < -0.3 is 10.3 Å². The molecule has 0 saturated carbocycles. The largest absolute Gasteiger partial charge is 0.511 e. The van der Waals surface area contributed by atoms with E-state index in [9.17, 15) is 26.4 Å². The average Bonchev–Trinajstić information content (AvgIpc) is 3.25. The molecule has 1 aliphatic heterocycles. The number of benzene rings is 2. The third kappa shape index (κ3) is 5.58. The monoisotopic (exact) mass is 551 g/mol. The highest BCUT2D eigenvalue weighted by Crippen LogP contribution is 2.38. The van der Waals surface area contributed by atoms with Crippen molar-refractivity contribution in [2.75, 3.05) is 13.1 Å². The minimum Gasteiger partial charge on any atom is -0.389 e. The number of Topliss-reactive ketones (excluding diaryl/α,β-unsaturated/α-hetero) is 1. The maximum atomic E-state index is 13.0. The van der Waals surface area contributed by atoms with Crippen LogP contribution in [0.25, 0.3) is 22.0 Å². The zero-order valence-corrected chi connectivity index (χ0v) is 21.9. The average molecular weight is 552 g/mol. The van der Waals surface area contributed by atoms with Gasteiger partial charge >= 0.3 is 15.5 Å². The highest BCUT2D eigenvalue weighted by molar-refractivity contribution is 7.90. The Morgan fingerprint density at radius 3 is 2.46 bits per heavy atom. The lowest BCUT2D eigenvalue weighted by Gasteiger charge is -2.32. The second kappa shape index (κ2) is 10.5. The van der Waals surface area contributed by atoms with Gasteiger partial charge in [0.05, 0.1) is 0 Å². The third-order valence-corrected chi connectivity index (χ3v) is 8.76. The van der Waals surface area contributed by atoms with E-state index in [2.05, 4.69) is 0 Å². The Bertz CT molecular complexity index is 1440. The Labute approximate surface area is 219 Å². The van der Waals surface area contributed by atoms with Gasteiger partial charge in [-0.2, -0.15) is 17.5 Å². The number of rotatable bonds is 8. The Balaban J connectivity index is 1.73. The molecule has 0 aliphatic carbocycles. The summed E-state index contributed by atoms with van der Waals surface area (Å²) in [4.78, 5) is 12.1. The number of aryl methyl sites for hydroxylation is 1. The summed E-state index contributed by atoms with van der Waals surface area (Å²) in [7, 11) is -5.35. The smallest absolute Gasteiger partial charge is 0.389 e. The van der Waals surface area contributed by atoms with E-state index in [0.717, 1.165) is 27.6 Å². The van der Waals surface area contributed by atoms with Crippen molar-refractivity contribution in [3.05, 3.63) is 59.8 Å². The van der Waals surface area contributed by atoms with Gasteiger partial charge in [0.15, 0.2) is 0 Å². The minimum atomic E-state index is -5.35. The van der Waals surface area contributed by atoms with Gasteiger partial charge in [0, 0.05) is 60.2 Å². The number of ketones is 1. The summed E-state index contributed by atoms with van der Waals surface area (Å²) in [6.07, 6.45) is 3.93. The molecule has 3 aromatic rings. The number of hydrogen-bond acceptors (Lipinski definition) is 4. The summed E-state index contributed by atoms with van der Waals surface area (Å²) in [5, 5.41) is 0.941. The Hall–Kier alpha value is -2.76. The molecule has 2 aromatic carbocycles. The molecular weight excluding hydrogens is 523 g/mol. The number of halogens is 3. The number of nitrogens with zero attached hydrogens (tertiary/aromatic N) is 2. The molecule has 1 fully saturated rings. The number of piperidine rings is 1. The fourth-order valence-electron chi connectivity index (χ4n) is 4.79. The first-order chi connectivity index (χ1) is 17.4. The van der Waals surface area contributed by atoms with E-state index < -0.39 is 15.5 Å². The lowest BCUT2D eigenvalue weighted by atomic mass is 10.00. The summed E-state index contributed by atoms with van der Waals surface area (Å²) in [5.74, 6) is 0.170. The van der Waals surface area contributed by atoms with Gasteiger partial charge in [-0.25, -0.2) is 8.42 Å². The van der Waals surface area contributed by atoms with Gasteiger partial charge in [-0.15, -0.1) is 0 Å². The van der Waals surface area contributed by atoms with Crippen molar-refractivity contribution in [2.24, 2.45) is 5.73 Å². The van der Waals surface area contributed by atoms with Crippen molar-refractivity contribution in [1.29, 1.82) is 0 Å². The Morgan fingerprint density at radius 1 is 1.14 bits per heavy atom. The zero-order chi connectivity index (χ0) is 27.0. The number of hydrogen-bond donors (Lipinski definition) is 1. The van der Waals surface area contributed by atoms with Crippen LogP contribution in [0.4, 0.5) is 13.2 Å². The van der Waals surface area contributed by atoms with Crippen LogP contribution in [0.2, 0.25) is 0 Å². The molecule has 1 saturated heterocycles. The molecule has 6 nitrogen and oxygen atoms in total. The van der Waals surface area contributed by atoms with E-state index >= 15 is 0 Å². The summed E-state index contributed by atoms with van der Waals surface area (Å²) in [5.41, 5.74) is 4.90. The van der Waals surface area contributed by atoms with Gasteiger partial charge in [-0.05, 0) is 42.5 Å². The van der Waals surface area contributed by atoms with E-state index in [0.29, 0.717) is 29.1 Å². The van der Waals surface area contributed by atoms with Gasteiger partial charge in [0.1, 0.15) is 10.8 Å². The first kappa shape index (κ1) is 27.3. The fourth-order valence-corrected chi connectivity index (χ4v) is 5.90. The molecule has 2 N–H and O–H groups in total. The third-order valence-electron chi connectivity index (χ3n) is 6.89. The molecule has 0 unspecified atom stereocenters. The Morgan fingerprint density at radius 2 is 1.84 bits per heavy atom. The van der Waals surface area contributed by atoms with E-state index in [1.165, 1.54) is 0 Å². The summed E-state index contributed by atoms with van der Waals surface area (Å²) >= 11 is 5.13. The summed E-state index contributed by atoms with van der Waals surface area (Å²) in [6.45, 7) is 1.39. The van der Waals surface area contributed by atoms with Gasteiger partial charge in [0.25, 0.3) is 0 Å². The first-order valence-electron chi connectivity index (χ1n) is 12.0. The van der Waals surface area contributed by atoms with Crippen molar-refractivity contribution in [1.82, 2.24) is 8.87 Å². The lowest BCUT2D eigenvalue weighted by molar-refractivity contribution is -0.118. The molecule has 0 atom stereocenters. The van der Waals surface area contributed by atoms with Crippen LogP contribution < -0.4 is 5.73 Å². The van der Waals surface area contributed by atoms with Gasteiger partial charge in [-0.3, -0.25) is 4.79 Å². The first-order valence-corrected chi connectivity index (χ1v) is 13.9. The SMILES string of the molecule is CCC(=O)CCc1ccc2c(-c3cccc(C(N)=S)c3)cn(C3CCN(S(=O)(=O)C(F)(F)F)CC3)c2c1. The number of aromatic nitrogens is 1. The van der Waals surface area contributed by atoms with Crippen LogP contribution in [0, 0.1) is 0 Å². The van der Waals surface area contributed by atoms with Crippen molar-refractivity contribution in [2.45, 2.75) is 50.6 Å².